The van der Waals surface area contributed by atoms with Crippen molar-refractivity contribution < 1.29 is 14.6 Å². The molecule has 5 heteroatoms. The van der Waals surface area contributed by atoms with Crippen molar-refractivity contribution in [1.29, 1.82) is 0 Å². The average molecular weight is 304 g/mol. The van der Waals surface area contributed by atoms with Crippen molar-refractivity contribution in [3.8, 4) is 0 Å². The number of hydrogen-bond acceptors (Lipinski definition) is 3. The van der Waals surface area contributed by atoms with Gasteiger partial charge in [0.25, 0.3) is 0 Å². The van der Waals surface area contributed by atoms with Crippen LogP contribution in [0.15, 0.2) is 12.4 Å². The number of carboxylic acids is 1. The first kappa shape index (κ1) is 14.2. The molecular formula is C17H24N2O3. The number of carboxylic acid groups (broad SMARTS) is 1. The maximum absolute atomic E-state index is 12.2. The molecule has 1 aromatic rings. The number of nitrogens with zero attached hydrogens (tertiary/aromatic N) is 2. The first-order valence-corrected chi connectivity index (χ1v) is 8.56. The zero-order chi connectivity index (χ0) is 15.2. The summed E-state index contributed by atoms with van der Waals surface area (Å²) in [6.45, 7) is 0.519. The third-order valence-corrected chi connectivity index (χ3v) is 5.79. The van der Waals surface area contributed by atoms with E-state index in [2.05, 4.69) is 5.10 Å². The number of carbonyl (C=O) groups is 1. The predicted molar refractivity (Wildman–Crippen MR) is 80.8 cm³/mol. The largest absolute Gasteiger partial charge is 0.479 e. The molecule has 5 nitrogen and oxygen atoms in total. The molecule has 3 aliphatic rings. The molecule has 2 heterocycles. The van der Waals surface area contributed by atoms with Gasteiger partial charge in [0.2, 0.25) is 0 Å². The van der Waals surface area contributed by atoms with Gasteiger partial charge in [0.1, 0.15) is 0 Å². The highest BCUT2D eigenvalue weighted by molar-refractivity contribution is 5.77. The van der Waals surface area contributed by atoms with Gasteiger partial charge in [0, 0.05) is 19.0 Å². The van der Waals surface area contributed by atoms with Crippen LogP contribution in [0, 0.1) is 0 Å². The fraction of sp³-hybridized carbons (Fsp3) is 0.765. The fourth-order valence-corrected chi connectivity index (χ4v) is 4.30. The van der Waals surface area contributed by atoms with E-state index in [1.54, 1.807) is 4.68 Å². The summed E-state index contributed by atoms with van der Waals surface area (Å²) in [7, 11) is 0. The van der Waals surface area contributed by atoms with Crippen LogP contribution in [-0.2, 0) is 15.1 Å². The Bertz CT molecular complexity index is 567. The van der Waals surface area contributed by atoms with Crippen molar-refractivity contribution in [2.45, 2.75) is 74.8 Å². The summed E-state index contributed by atoms with van der Waals surface area (Å²) in [6, 6.07) is 0. The Morgan fingerprint density at radius 2 is 2.05 bits per heavy atom. The molecule has 2 saturated carbocycles. The van der Waals surface area contributed by atoms with E-state index in [1.807, 2.05) is 12.4 Å². The summed E-state index contributed by atoms with van der Waals surface area (Å²) in [5, 5.41) is 14.5. The summed E-state index contributed by atoms with van der Waals surface area (Å²) >= 11 is 0. The Morgan fingerprint density at radius 3 is 2.73 bits per heavy atom. The SMILES string of the molecule is O=C(O)C1(n2cc(C3CC3)cn2)CCOC2(CCCCC2)C1. The monoisotopic (exact) mass is 304 g/mol. The average Bonchev–Trinajstić information content (AvgIpc) is 3.25. The normalized spacial score (nSPS) is 31.3. The number of hydrogen-bond donors (Lipinski definition) is 1. The van der Waals surface area contributed by atoms with Crippen LogP contribution in [0.5, 0.6) is 0 Å². The van der Waals surface area contributed by atoms with Gasteiger partial charge in [-0.1, -0.05) is 19.3 Å². The van der Waals surface area contributed by atoms with Gasteiger partial charge in [0.05, 0.1) is 18.4 Å². The highest BCUT2D eigenvalue weighted by atomic mass is 16.5. The number of aliphatic carboxylic acids is 1. The minimum absolute atomic E-state index is 0.249. The zero-order valence-electron chi connectivity index (χ0n) is 13.0. The third kappa shape index (κ3) is 2.26. The van der Waals surface area contributed by atoms with Crippen molar-refractivity contribution in [3.63, 3.8) is 0 Å². The van der Waals surface area contributed by atoms with E-state index < -0.39 is 11.5 Å². The number of aromatic nitrogens is 2. The Balaban J connectivity index is 1.67. The second-order valence-corrected chi connectivity index (χ2v) is 7.35. The molecule has 3 fully saturated rings. The van der Waals surface area contributed by atoms with Gasteiger partial charge in [-0.25, -0.2) is 4.79 Å². The van der Waals surface area contributed by atoms with Gasteiger partial charge >= 0.3 is 5.97 Å². The van der Waals surface area contributed by atoms with Gasteiger partial charge in [0.15, 0.2) is 5.54 Å². The van der Waals surface area contributed by atoms with E-state index >= 15 is 0 Å². The van der Waals surface area contributed by atoms with Crippen LogP contribution in [0.3, 0.4) is 0 Å². The van der Waals surface area contributed by atoms with Crippen LogP contribution in [0.2, 0.25) is 0 Å². The first-order chi connectivity index (χ1) is 10.6. The topological polar surface area (TPSA) is 64.3 Å². The van der Waals surface area contributed by atoms with E-state index in [0.29, 0.717) is 25.4 Å². The lowest BCUT2D eigenvalue weighted by Crippen LogP contribution is -2.55. The van der Waals surface area contributed by atoms with Gasteiger partial charge in [-0.15, -0.1) is 0 Å². The zero-order valence-corrected chi connectivity index (χ0v) is 13.0. The second-order valence-electron chi connectivity index (χ2n) is 7.35. The molecule has 1 N–H and O–H groups in total. The Labute approximate surface area is 130 Å². The van der Waals surface area contributed by atoms with Gasteiger partial charge in [-0.2, -0.15) is 5.10 Å². The van der Waals surface area contributed by atoms with Crippen LogP contribution in [0.4, 0.5) is 0 Å². The predicted octanol–water partition coefficient (Wildman–Crippen LogP) is 3.05. The summed E-state index contributed by atoms with van der Waals surface area (Å²) in [5.74, 6) is -0.158. The van der Waals surface area contributed by atoms with Crippen molar-refractivity contribution in [2.75, 3.05) is 6.61 Å². The van der Waals surface area contributed by atoms with Crippen molar-refractivity contribution >= 4 is 5.97 Å². The molecule has 1 spiro atoms. The molecular weight excluding hydrogens is 280 g/mol. The smallest absolute Gasteiger partial charge is 0.331 e. The maximum Gasteiger partial charge on any atom is 0.331 e. The van der Waals surface area contributed by atoms with Crippen LogP contribution in [-0.4, -0.2) is 33.1 Å². The minimum atomic E-state index is -0.928. The van der Waals surface area contributed by atoms with E-state index in [0.717, 1.165) is 25.7 Å². The quantitative estimate of drug-likeness (QED) is 0.932. The molecule has 0 radical (unpaired) electrons. The summed E-state index contributed by atoms with van der Waals surface area (Å²) in [6.07, 6.45) is 12.8. The van der Waals surface area contributed by atoms with Crippen LogP contribution in [0.1, 0.15) is 69.3 Å². The van der Waals surface area contributed by atoms with Gasteiger partial charge in [-0.3, -0.25) is 4.68 Å². The Morgan fingerprint density at radius 1 is 1.27 bits per heavy atom. The lowest BCUT2D eigenvalue weighted by atomic mass is 9.72. The first-order valence-electron chi connectivity index (χ1n) is 8.56. The highest BCUT2D eigenvalue weighted by Gasteiger charge is 2.52. The van der Waals surface area contributed by atoms with Gasteiger partial charge < -0.3 is 9.84 Å². The number of ether oxygens (including phenoxy) is 1. The highest BCUT2D eigenvalue weighted by Crippen LogP contribution is 2.46. The lowest BCUT2D eigenvalue weighted by molar-refractivity contribution is -0.175. The fourth-order valence-electron chi connectivity index (χ4n) is 4.30. The lowest BCUT2D eigenvalue weighted by Gasteiger charge is -2.47. The van der Waals surface area contributed by atoms with Crippen molar-refractivity contribution in [3.05, 3.63) is 18.0 Å². The van der Waals surface area contributed by atoms with E-state index in [1.165, 1.54) is 24.8 Å². The van der Waals surface area contributed by atoms with Crippen LogP contribution >= 0.6 is 0 Å². The minimum Gasteiger partial charge on any atom is -0.479 e. The Hall–Kier alpha value is -1.36. The van der Waals surface area contributed by atoms with Crippen LogP contribution in [0.25, 0.3) is 0 Å². The van der Waals surface area contributed by atoms with Crippen LogP contribution < -0.4 is 0 Å². The molecule has 120 valence electrons. The molecule has 1 unspecified atom stereocenters. The van der Waals surface area contributed by atoms with E-state index in [-0.39, 0.29) is 5.60 Å². The number of rotatable bonds is 3. The maximum atomic E-state index is 12.2. The summed E-state index contributed by atoms with van der Waals surface area (Å²) < 4.78 is 7.83. The molecule has 1 atom stereocenters. The Kier molecular flexibility index (Phi) is 3.29. The third-order valence-electron chi connectivity index (χ3n) is 5.79. The standard InChI is InChI=1S/C17H24N2O3/c20-15(21)17(19-11-14(10-18-19)13-4-5-13)8-9-22-16(12-17)6-2-1-3-7-16/h10-11,13H,1-9,12H2,(H,20,21). The van der Waals surface area contributed by atoms with E-state index in [9.17, 15) is 9.90 Å². The molecule has 1 saturated heterocycles. The second kappa shape index (κ2) is 5.08. The molecule has 22 heavy (non-hydrogen) atoms. The molecule has 1 aromatic heterocycles. The van der Waals surface area contributed by atoms with Crippen molar-refractivity contribution in [1.82, 2.24) is 9.78 Å². The molecule has 1 aliphatic heterocycles. The molecule has 4 rings (SSSR count). The molecule has 0 amide bonds. The van der Waals surface area contributed by atoms with Crippen molar-refractivity contribution in [2.24, 2.45) is 0 Å². The molecule has 2 aliphatic carbocycles. The summed E-state index contributed by atoms with van der Waals surface area (Å²) in [5.41, 5.74) is 0.0216. The van der Waals surface area contributed by atoms with E-state index in [4.69, 9.17) is 4.74 Å². The molecule has 0 bridgehead atoms. The van der Waals surface area contributed by atoms with Gasteiger partial charge in [-0.05, 0) is 37.2 Å². The molecule has 0 aromatic carbocycles. The summed E-state index contributed by atoms with van der Waals surface area (Å²) in [4.78, 5) is 12.2.